The average molecular weight is 365 g/mol. The van der Waals surface area contributed by atoms with E-state index in [2.05, 4.69) is 5.32 Å². The minimum Gasteiger partial charge on any atom is -0.469 e. The molecule has 0 saturated heterocycles. The van der Waals surface area contributed by atoms with Crippen molar-refractivity contribution in [1.82, 2.24) is 5.32 Å². The molecule has 0 spiro atoms. The Hall–Kier alpha value is -3.21. The summed E-state index contributed by atoms with van der Waals surface area (Å²) in [5.41, 5.74) is 0.930. The van der Waals surface area contributed by atoms with Gasteiger partial charge in [0.05, 0.1) is 11.8 Å². The number of amides is 1. The van der Waals surface area contributed by atoms with Crippen molar-refractivity contribution in [2.45, 2.75) is 25.8 Å². The number of furan rings is 1. The second kappa shape index (κ2) is 8.45. The van der Waals surface area contributed by atoms with Gasteiger partial charge in [-0.2, -0.15) is 0 Å². The average Bonchev–Trinajstić information content (AvgIpc) is 3.20. The Morgan fingerprint density at radius 3 is 2.37 bits per heavy atom. The highest BCUT2D eigenvalue weighted by Gasteiger charge is 2.19. The third kappa shape index (κ3) is 4.70. The summed E-state index contributed by atoms with van der Waals surface area (Å²) in [5.74, 6) is -0.178. The first-order valence-corrected chi connectivity index (χ1v) is 8.77. The van der Waals surface area contributed by atoms with Gasteiger partial charge >= 0.3 is 0 Å². The summed E-state index contributed by atoms with van der Waals surface area (Å²) in [5, 5.41) is 2.92. The van der Waals surface area contributed by atoms with Crippen LogP contribution in [-0.2, 0) is 6.42 Å². The molecule has 0 radical (unpaired) electrons. The Balaban J connectivity index is 1.71. The zero-order valence-electron chi connectivity index (χ0n) is 14.9. The monoisotopic (exact) mass is 365 g/mol. The molecule has 1 aromatic heterocycles. The van der Waals surface area contributed by atoms with Crippen molar-refractivity contribution in [3.05, 3.63) is 95.2 Å². The molecular weight excluding hydrogens is 345 g/mol. The SMILES string of the molecule is C[C@@H](CCc1ccco1)NC(=O)c1ccccc1C(=O)c1ccc(F)cc1. The molecule has 0 aliphatic heterocycles. The first-order chi connectivity index (χ1) is 13.0. The van der Waals surface area contributed by atoms with E-state index >= 15 is 0 Å². The molecule has 2 aromatic carbocycles. The van der Waals surface area contributed by atoms with Crippen molar-refractivity contribution < 1.29 is 18.4 Å². The minimum atomic E-state index is -0.414. The fourth-order valence-electron chi connectivity index (χ4n) is 2.82. The van der Waals surface area contributed by atoms with E-state index < -0.39 is 5.82 Å². The highest BCUT2D eigenvalue weighted by atomic mass is 19.1. The Morgan fingerprint density at radius 2 is 1.70 bits per heavy atom. The van der Waals surface area contributed by atoms with Crippen LogP contribution < -0.4 is 5.32 Å². The number of benzene rings is 2. The molecule has 0 saturated carbocycles. The van der Waals surface area contributed by atoms with E-state index in [-0.39, 0.29) is 17.7 Å². The second-order valence-corrected chi connectivity index (χ2v) is 6.37. The number of rotatable bonds is 7. The molecule has 0 fully saturated rings. The van der Waals surface area contributed by atoms with Gasteiger partial charge in [-0.05, 0) is 55.8 Å². The summed E-state index contributed by atoms with van der Waals surface area (Å²) in [4.78, 5) is 25.4. The quantitative estimate of drug-likeness (QED) is 0.631. The van der Waals surface area contributed by atoms with Crippen LogP contribution in [0.1, 0.15) is 45.4 Å². The van der Waals surface area contributed by atoms with Gasteiger partial charge in [0.25, 0.3) is 5.91 Å². The van der Waals surface area contributed by atoms with Crippen LogP contribution in [0.4, 0.5) is 4.39 Å². The van der Waals surface area contributed by atoms with Gasteiger partial charge in [-0.25, -0.2) is 4.39 Å². The zero-order chi connectivity index (χ0) is 19.2. The Kier molecular flexibility index (Phi) is 5.81. The van der Waals surface area contributed by atoms with Crippen LogP contribution in [0.3, 0.4) is 0 Å². The summed E-state index contributed by atoms with van der Waals surface area (Å²) in [7, 11) is 0. The van der Waals surface area contributed by atoms with Gasteiger partial charge in [0.15, 0.2) is 5.78 Å². The molecule has 1 heterocycles. The maximum absolute atomic E-state index is 13.1. The topological polar surface area (TPSA) is 59.3 Å². The molecule has 27 heavy (non-hydrogen) atoms. The first-order valence-electron chi connectivity index (χ1n) is 8.77. The minimum absolute atomic E-state index is 0.0865. The van der Waals surface area contributed by atoms with Gasteiger partial charge in [0.1, 0.15) is 11.6 Å². The van der Waals surface area contributed by atoms with Crippen LogP contribution in [0.2, 0.25) is 0 Å². The summed E-state index contributed by atoms with van der Waals surface area (Å²) in [6.07, 6.45) is 3.05. The number of halogens is 1. The molecule has 1 N–H and O–H groups in total. The third-order valence-electron chi connectivity index (χ3n) is 4.30. The molecule has 138 valence electrons. The van der Waals surface area contributed by atoms with E-state index in [1.165, 1.54) is 24.3 Å². The van der Waals surface area contributed by atoms with Crippen molar-refractivity contribution >= 4 is 11.7 Å². The molecule has 1 atom stereocenters. The number of carbonyl (C=O) groups excluding carboxylic acids is 2. The number of ketones is 1. The van der Waals surface area contributed by atoms with Gasteiger partial charge < -0.3 is 9.73 Å². The summed E-state index contributed by atoms with van der Waals surface area (Å²) < 4.78 is 18.4. The van der Waals surface area contributed by atoms with Gasteiger partial charge in [-0.15, -0.1) is 0 Å². The summed E-state index contributed by atoms with van der Waals surface area (Å²) >= 11 is 0. The largest absolute Gasteiger partial charge is 0.469 e. The van der Waals surface area contributed by atoms with Crippen molar-refractivity contribution in [1.29, 1.82) is 0 Å². The molecule has 5 heteroatoms. The molecule has 4 nitrogen and oxygen atoms in total. The lowest BCUT2D eigenvalue weighted by molar-refractivity contribution is 0.0928. The van der Waals surface area contributed by atoms with E-state index in [1.807, 2.05) is 19.1 Å². The molecule has 0 unspecified atom stereocenters. The summed E-state index contributed by atoms with van der Waals surface area (Å²) in [6, 6.07) is 15.6. The maximum atomic E-state index is 13.1. The standard InChI is InChI=1S/C22H20FNO3/c1-15(8-13-18-5-4-14-27-18)24-22(26)20-7-3-2-6-19(20)21(25)16-9-11-17(23)12-10-16/h2-7,9-12,14-15H,8,13H2,1H3,(H,24,26)/t15-/m0/s1. The number of hydrogen-bond donors (Lipinski definition) is 1. The van der Waals surface area contributed by atoms with Crippen LogP contribution in [0, 0.1) is 5.82 Å². The third-order valence-corrected chi connectivity index (χ3v) is 4.30. The van der Waals surface area contributed by atoms with Crippen LogP contribution in [0.5, 0.6) is 0 Å². The molecule has 3 aromatic rings. The van der Waals surface area contributed by atoms with E-state index in [4.69, 9.17) is 4.42 Å². The predicted octanol–water partition coefficient (Wildman–Crippen LogP) is 4.40. The molecule has 1 amide bonds. The maximum Gasteiger partial charge on any atom is 0.252 e. The normalized spacial score (nSPS) is 11.8. The fourth-order valence-corrected chi connectivity index (χ4v) is 2.82. The van der Waals surface area contributed by atoms with Gasteiger partial charge in [-0.1, -0.05) is 18.2 Å². The number of carbonyl (C=O) groups is 2. The van der Waals surface area contributed by atoms with Crippen molar-refractivity contribution in [3.63, 3.8) is 0 Å². The lowest BCUT2D eigenvalue weighted by Crippen LogP contribution is -2.33. The van der Waals surface area contributed by atoms with Crippen molar-refractivity contribution in [3.8, 4) is 0 Å². The van der Waals surface area contributed by atoms with Gasteiger partial charge in [0, 0.05) is 23.6 Å². The van der Waals surface area contributed by atoms with E-state index in [0.29, 0.717) is 29.5 Å². The Morgan fingerprint density at radius 1 is 1.00 bits per heavy atom. The zero-order valence-corrected chi connectivity index (χ0v) is 14.9. The Labute approximate surface area is 157 Å². The predicted molar refractivity (Wildman–Crippen MR) is 100 cm³/mol. The fraction of sp³-hybridized carbons (Fsp3) is 0.182. The highest BCUT2D eigenvalue weighted by molar-refractivity contribution is 6.15. The second-order valence-electron chi connectivity index (χ2n) is 6.37. The van der Waals surface area contributed by atoms with Gasteiger partial charge in [-0.3, -0.25) is 9.59 Å². The van der Waals surface area contributed by atoms with Crippen molar-refractivity contribution in [2.75, 3.05) is 0 Å². The van der Waals surface area contributed by atoms with Crippen LogP contribution >= 0.6 is 0 Å². The lowest BCUT2D eigenvalue weighted by atomic mass is 9.97. The van der Waals surface area contributed by atoms with Crippen LogP contribution in [-0.4, -0.2) is 17.7 Å². The van der Waals surface area contributed by atoms with E-state index in [9.17, 15) is 14.0 Å². The Bertz CT molecular complexity index is 917. The summed E-state index contributed by atoms with van der Waals surface area (Å²) in [6.45, 7) is 1.91. The molecule has 0 bridgehead atoms. The number of aryl methyl sites for hydroxylation is 1. The van der Waals surface area contributed by atoms with Crippen LogP contribution in [0.25, 0.3) is 0 Å². The highest BCUT2D eigenvalue weighted by Crippen LogP contribution is 2.16. The smallest absolute Gasteiger partial charge is 0.252 e. The molecular formula is C22H20FNO3. The number of nitrogens with one attached hydrogen (secondary N) is 1. The molecule has 0 aliphatic carbocycles. The lowest BCUT2D eigenvalue weighted by Gasteiger charge is -2.15. The first kappa shape index (κ1) is 18.6. The van der Waals surface area contributed by atoms with E-state index in [0.717, 1.165) is 5.76 Å². The number of hydrogen-bond acceptors (Lipinski definition) is 3. The van der Waals surface area contributed by atoms with Crippen molar-refractivity contribution in [2.24, 2.45) is 0 Å². The van der Waals surface area contributed by atoms with Crippen LogP contribution in [0.15, 0.2) is 71.3 Å². The molecule has 3 rings (SSSR count). The van der Waals surface area contributed by atoms with Gasteiger partial charge in [0.2, 0.25) is 0 Å². The van der Waals surface area contributed by atoms with E-state index in [1.54, 1.807) is 30.5 Å². The molecule has 0 aliphatic rings.